The van der Waals surface area contributed by atoms with Gasteiger partial charge in [0, 0.05) is 19.5 Å². The summed E-state index contributed by atoms with van der Waals surface area (Å²) in [7, 11) is 1.30. The van der Waals surface area contributed by atoms with Gasteiger partial charge in [-0.1, -0.05) is 0 Å². The monoisotopic (exact) mass is 268 g/mol. The van der Waals surface area contributed by atoms with Gasteiger partial charge >= 0.3 is 6.09 Å². The number of nitrogens with one attached hydrogen (secondary N) is 1. The van der Waals surface area contributed by atoms with Crippen molar-refractivity contribution in [3.8, 4) is 0 Å². The smallest absolute Gasteiger partial charge is 0.406 e. The van der Waals surface area contributed by atoms with Crippen molar-refractivity contribution in [3.05, 3.63) is 0 Å². The maximum absolute atomic E-state index is 12.2. The van der Waals surface area contributed by atoms with E-state index >= 15 is 0 Å². The minimum absolute atomic E-state index is 0.0226. The average Bonchev–Trinajstić information content (AvgIpc) is 2.99. The average molecular weight is 268 g/mol. The standard InChI is InChI=1S/C13H20N2O4/c1-19-13(18)14-3-2-10(16)15-6-8-4-7-5-9(8)11(15)12(7)17/h7-9,11-12,17H,2-6H2,1H3,(H,14,18)/t7-,8-,9+,11+,12-/m0/s1. The summed E-state index contributed by atoms with van der Waals surface area (Å²) in [6.07, 6.45) is 1.53. The largest absolute Gasteiger partial charge is 0.453 e. The third-order valence-corrected chi connectivity index (χ3v) is 4.96. The van der Waals surface area contributed by atoms with Crippen LogP contribution in [-0.4, -0.2) is 54.4 Å². The summed E-state index contributed by atoms with van der Waals surface area (Å²) in [4.78, 5) is 24.9. The lowest BCUT2D eigenvalue weighted by atomic mass is 9.88. The van der Waals surface area contributed by atoms with Crippen LogP contribution < -0.4 is 5.32 Å². The minimum Gasteiger partial charge on any atom is -0.453 e. The zero-order chi connectivity index (χ0) is 13.6. The molecule has 1 heterocycles. The van der Waals surface area contributed by atoms with Crippen LogP contribution in [-0.2, 0) is 9.53 Å². The number of hydrogen-bond acceptors (Lipinski definition) is 4. The van der Waals surface area contributed by atoms with Crippen molar-refractivity contribution >= 4 is 12.0 Å². The lowest BCUT2D eigenvalue weighted by Gasteiger charge is -2.28. The van der Waals surface area contributed by atoms with Crippen molar-refractivity contribution in [2.75, 3.05) is 20.2 Å². The summed E-state index contributed by atoms with van der Waals surface area (Å²) >= 11 is 0. The molecule has 0 aromatic rings. The molecule has 2 bridgehead atoms. The molecule has 2 N–H and O–H groups in total. The molecule has 106 valence electrons. The van der Waals surface area contributed by atoms with Crippen LogP contribution in [0, 0.1) is 17.8 Å². The molecule has 6 heteroatoms. The van der Waals surface area contributed by atoms with Gasteiger partial charge in [0.05, 0.1) is 19.3 Å². The Morgan fingerprint density at radius 2 is 2.16 bits per heavy atom. The number of hydrogen-bond donors (Lipinski definition) is 2. The van der Waals surface area contributed by atoms with E-state index in [0.717, 1.165) is 19.4 Å². The van der Waals surface area contributed by atoms with E-state index in [0.29, 0.717) is 17.8 Å². The van der Waals surface area contributed by atoms with E-state index in [-0.39, 0.29) is 31.0 Å². The van der Waals surface area contributed by atoms with Crippen LogP contribution in [0.25, 0.3) is 0 Å². The van der Waals surface area contributed by atoms with Gasteiger partial charge in [0.15, 0.2) is 0 Å². The molecule has 0 aromatic heterocycles. The second kappa shape index (κ2) is 4.67. The molecule has 0 radical (unpaired) electrons. The first kappa shape index (κ1) is 12.7. The summed E-state index contributed by atoms with van der Waals surface area (Å²) in [5, 5.41) is 12.7. The highest BCUT2D eigenvalue weighted by Crippen LogP contribution is 2.54. The number of carbonyl (C=O) groups is 2. The zero-order valence-corrected chi connectivity index (χ0v) is 11.0. The third-order valence-electron chi connectivity index (χ3n) is 4.96. The molecule has 2 saturated carbocycles. The van der Waals surface area contributed by atoms with Gasteiger partial charge < -0.3 is 20.1 Å². The Bertz CT molecular complexity index is 398. The number of rotatable bonds is 3. The normalized spacial score (nSPS) is 38.6. The van der Waals surface area contributed by atoms with E-state index in [4.69, 9.17) is 0 Å². The van der Waals surface area contributed by atoms with Crippen molar-refractivity contribution < 1.29 is 19.4 Å². The van der Waals surface area contributed by atoms with Gasteiger partial charge in [-0.05, 0) is 30.6 Å². The van der Waals surface area contributed by atoms with Gasteiger partial charge in [-0.3, -0.25) is 4.79 Å². The number of nitrogens with zero attached hydrogens (tertiary/aromatic N) is 1. The van der Waals surface area contributed by atoms with Crippen LogP contribution in [0.2, 0.25) is 0 Å². The van der Waals surface area contributed by atoms with Crippen molar-refractivity contribution in [2.24, 2.45) is 17.8 Å². The molecular formula is C13H20N2O4. The molecule has 5 atom stereocenters. The van der Waals surface area contributed by atoms with Gasteiger partial charge in [0.1, 0.15) is 0 Å². The predicted molar refractivity (Wildman–Crippen MR) is 66.2 cm³/mol. The highest BCUT2D eigenvalue weighted by Gasteiger charge is 2.59. The lowest BCUT2D eigenvalue weighted by molar-refractivity contribution is -0.134. The number of aliphatic hydroxyl groups excluding tert-OH is 1. The molecule has 2 aliphatic carbocycles. The van der Waals surface area contributed by atoms with Gasteiger partial charge in [-0.15, -0.1) is 0 Å². The highest BCUT2D eigenvalue weighted by molar-refractivity contribution is 5.78. The van der Waals surface area contributed by atoms with Gasteiger partial charge in [0.25, 0.3) is 0 Å². The number of likely N-dealkylation sites (tertiary alicyclic amines) is 1. The molecule has 3 aliphatic rings. The SMILES string of the molecule is COC(=O)NCCC(=O)N1C[C@@H]2C[C@H]3C[C@H]2[C@@H]1[C@H]3O. The van der Waals surface area contributed by atoms with Crippen molar-refractivity contribution in [3.63, 3.8) is 0 Å². The summed E-state index contributed by atoms with van der Waals surface area (Å²) in [5.74, 6) is 1.50. The Labute approximate surface area is 112 Å². The second-order valence-corrected chi connectivity index (χ2v) is 5.85. The molecule has 1 aliphatic heterocycles. The summed E-state index contributed by atoms with van der Waals surface area (Å²) in [5.41, 5.74) is 0. The van der Waals surface area contributed by atoms with E-state index in [9.17, 15) is 14.7 Å². The van der Waals surface area contributed by atoms with Gasteiger partial charge in [-0.2, -0.15) is 0 Å². The molecule has 2 amide bonds. The van der Waals surface area contributed by atoms with E-state index in [1.165, 1.54) is 7.11 Å². The quantitative estimate of drug-likeness (QED) is 0.753. The fraction of sp³-hybridized carbons (Fsp3) is 0.846. The van der Waals surface area contributed by atoms with Crippen molar-refractivity contribution in [2.45, 2.75) is 31.4 Å². The van der Waals surface area contributed by atoms with Crippen molar-refractivity contribution in [1.29, 1.82) is 0 Å². The number of amides is 2. The number of fused-ring (bicyclic) bond motifs is 1. The number of methoxy groups -OCH3 is 1. The van der Waals surface area contributed by atoms with Crippen LogP contribution in [0.5, 0.6) is 0 Å². The Balaban J connectivity index is 1.55. The number of alkyl carbamates (subject to hydrolysis) is 1. The molecule has 1 saturated heterocycles. The molecule has 3 rings (SSSR count). The summed E-state index contributed by atoms with van der Waals surface area (Å²) in [6, 6.07) is 0.0226. The molecule has 0 spiro atoms. The molecule has 0 unspecified atom stereocenters. The predicted octanol–water partition coefficient (Wildman–Crippen LogP) is -0.0398. The molecule has 3 fully saturated rings. The van der Waals surface area contributed by atoms with E-state index < -0.39 is 6.09 Å². The Hall–Kier alpha value is -1.30. The van der Waals surface area contributed by atoms with E-state index in [2.05, 4.69) is 10.1 Å². The van der Waals surface area contributed by atoms with Crippen LogP contribution in [0.4, 0.5) is 4.79 Å². The first-order chi connectivity index (χ1) is 9.11. The Morgan fingerprint density at radius 3 is 2.84 bits per heavy atom. The van der Waals surface area contributed by atoms with Crippen LogP contribution >= 0.6 is 0 Å². The molecular weight excluding hydrogens is 248 g/mol. The number of ether oxygens (including phenoxy) is 1. The Morgan fingerprint density at radius 1 is 1.37 bits per heavy atom. The van der Waals surface area contributed by atoms with Crippen LogP contribution in [0.3, 0.4) is 0 Å². The fourth-order valence-corrected chi connectivity index (χ4v) is 4.19. The third kappa shape index (κ3) is 1.98. The maximum atomic E-state index is 12.2. The lowest BCUT2D eigenvalue weighted by Crippen LogP contribution is -2.44. The zero-order valence-electron chi connectivity index (χ0n) is 11.0. The molecule has 19 heavy (non-hydrogen) atoms. The molecule has 6 nitrogen and oxygen atoms in total. The Kier molecular flexibility index (Phi) is 3.12. The summed E-state index contributed by atoms with van der Waals surface area (Å²) < 4.78 is 4.45. The van der Waals surface area contributed by atoms with Crippen molar-refractivity contribution in [1.82, 2.24) is 10.2 Å². The minimum atomic E-state index is -0.518. The van der Waals surface area contributed by atoms with E-state index in [1.807, 2.05) is 4.90 Å². The topological polar surface area (TPSA) is 78.9 Å². The second-order valence-electron chi connectivity index (χ2n) is 5.85. The van der Waals surface area contributed by atoms with Gasteiger partial charge in [-0.25, -0.2) is 4.79 Å². The first-order valence-corrected chi connectivity index (χ1v) is 6.91. The number of carbonyl (C=O) groups excluding carboxylic acids is 2. The number of aliphatic hydroxyl groups is 1. The fourth-order valence-electron chi connectivity index (χ4n) is 4.19. The van der Waals surface area contributed by atoms with Crippen LogP contribution in [0.15, 0.2) is 0 Å². The molecule has 0 aromatic carbocycles. The van der Waals surface area contributed by atoms with Crippen LogP contribution in [0.1, 0.15) is 19.3 Å². The summed E-state index contributed by atoms with van der Waals surface area (Å²) in [6.45, 7) is 1.06. The van der Waals surface area contributed by atoms with Gasteiger partial charge in [0.2, 0.25) is 5.91 Å². The first-order valence-electron chi connectivity index (χ1n) is 6.91. The highest BCUT2D eigenvalue weighted by atomic mass is 16.5. The van der Waals surface area contributed by atoms with E-state index in [1.54, 1.807) is 0 Å². The maximum Gasteiger partial charge on any atom is 0.406 e.